The molecule has 21 heavy (non-hydrogen) atoms. The largest absolute Gasteiger partial charge is 0.396 e. The monoisotopic (exact) mass is 307 g/mol. The number of carbonyl (C=O) groups is 1. The second kappa shape index (κ2) is 7.85. The third-order valence-electron chi connectivity index (χ3n) is 4.21. The summed E-state index contributed by atoms with van der Waals surface area (Å²) in [6.45, 7) is 3.01. The molecule has 4 heteroatoms. The van der Waals surface area contributed by atoms with Crippen LogP contribution in [0.4, 0.5) is 0 Å². The van der Waals surface area contributed by atoms with Gasteiger partial charge in [0.05, 0.1) is 5.41 Å². The predicted molar refractivity (Wildman–Crippen MR) is 88.8 cm³/mol. The van der Waals surface area contributed by atoms with Gasteiger partial charge in [0.1, 0.15) is 0 Å². The quantitative estimate of drug-likeness (QED) is 0.761. The summed E-state index contributed by atoms with van der Waals surface area (Å²) in [6.07, 6.45) is 3.90. The van der Waals surface area contributed by atoms with Crippen LogP contribution in [0.1, 0.15) is 37.3 Å². The fourth-order valence-corrected chi connectivity index (χ4v) is 3.76. The first kappa shape index (κ1) is 16.4. The second-order valence-corrected chi connectivity index (χ2v) is 7.01. The highest BCUT2D eigenvalue weighted by molar-refractivity contribution is 7.99. The number of rotatable bonds is 7. The fourth-order valence-electron chi connectivity index (χ4n) is 2.98. The van der Waals surface area contributed by atoms with Crippen LogP contribution in [0.5, 0.6) is 0 Å². The van der Waals surface area contributed by atoms with Gasteiger partial charge in [0.2, 0.25) is 5.91 Å². The highest BCUT2D eigenvalue weighted by Gasteiger charge is 2.38. The summed E-state index contributed by atoms with van der Waals surface area (Å²) in [5.41, 5.74) is 2.13. The summed E-state index contributed by atoms with van der Waals surface area (Å²) >= 11 is 1.78. The number of amides is 1. The fraction of sp³-hybridized carbons (Fsp3) is 0.588. The minimum Gasteiger partial charge on any atom is -0.396 e. The molecule has 2 N–H and O–H groups in total. The molecule has 1 aliphatic rings. The molecule has 0 aliphatic heterocycles. The standard InChI is InChI=1S/C17H25NO2S/c1-17(16(20)18-10-13-21-12-5-11-19)9-4-7-14-6-2-3-8-15(14)17/h2-3,6,8,19H,4-5,7,9-13H2,1H3,(H,18,20). The summed E-state index contributed by atoms with van der Waals surface area (Å²) in [6, 6.07) is 8.33. The summed E-state index contributed by atoms with van der Waals surface area (Å²) in [4.78, 5) is 12.6. The van der Waals surface area contributed by atoms with E-state index in [1.165, 1.54) is 11.1 Å². The van der Waals surface area contributed by atoms with Crippen molar-refractivity contribution in [3.05, 3.63) is 35.4 Å². The number of aliphatic hydroxyl groups is 1. The Bertz CT molecular complexity index is 478. The Balaban J connectivity index is 1.90. The van der Waals surface area contributed by atoms with E-state index in [0.29, 0.717) is 6.54 Å². The first-order chi connectivity index (χ1) is 10.2. The average molecular weight is 307 g/mol. The third kappa shape index (κ3) is 4.01. The van der Waals surface area contributed by atoms with Crippen molar-refractivity contribution in [2.45, 2.75) is 38.0 Å². The molecule has 1 amide bonds. The molecule has 1 aromatic carbocycles. The van der Waals surface area contributed by atoms with Crippen LogP contribution >= 0.6 is 11.8 Å². The molecular weight excluding hydrogens is 282 g/mol. The second-order valence-electron chi connectivity index (χ2n) is 5.79. The maximum absolute atomic E-state index is 12.6. The molecule has 1 atom stereocenters. The number of fused-ring (bicyclic) bond motifs is 1. The van der Waals surface area contributed by atoms with E-state index in [1.807, 2.05) is 6.07 Å². The van der Waals surface area contributed by atoms with Crippen molar-refractivity contribution >= 4 is 17.7 Å². The number of aryl methyl sites for hydroxylation is 1. The van der Waals surface area contributed by atoms with Gasteiger partial charge in [-0.05, 0) is 49.5 Å². The smallest absolute Gasteiger partial charge is 0.230 e. The molecule has 0 heterocycles. The SMILES string of the molecule is CC1(C(=O)NCCSCCCO)CCCc2ccccc21. The maximum atomic E-state index is 12.6. The normalized spacial score (nSPS) is 20.9. The number of hydrogen-bond donors (Lipinski definition) is 2. The Hall–Kier alpha value is -1.00. The van der Waals surface area contributed by atoms with Crippen molar-refractivity contribution in [2.24, 2.45) is 0 Å². The van der Waals surface area contributed by atoms with Crippen molar-refractivity contribution in [1.82, 2.24) is 5.32 Å². The highest BCUT2D eigenvalue weighted by Crippen LogP contribution is 2.37. The van der Waals surface area contributed by atoms with E-state index < -0.39 is 0 Å². The van der Waals surface area contributed by atoms with Gasteiger partial charge in [-0.3, -0.25) is 4.79 Å². The molecule has 0 saturated carbocycles. The van der Waals surface area contributed by atoms with Crippen molar-refractivity contribution < 1.29 is 9.90 Å². The van der Waals surface area contributed by atoms with Crippen LogP contribution in [0.15, 0.2) is 24.3 Å². The first-order valence-corrected chi connectivity index (χ1v) is 8.89. The molecule has 116 valence electrons. The van der Waals surface area contributed by atoms with Crippen LogP contribution in [-0.4, -0.2) is 35.7 Å². The molecule has 0 spiro atoms. The molecule has 1 aliphatic carbocycles. The zero-order valence-corrected chi connectivity index (χ0v) is 13.5. The minimum atomic E-state index is -0.384. The van der Waals surface area contributed by atoms with E-state index in [1.54, 1.807) is 11.8 Å². The van der Waals surface area contributed by atoms with Gasteiger partial charge in [0, 0.05) is 18.9 Å². The number of aliphatic hydroxyl groups excluding tert-OH is 1. The lowest BCUT2D eigenvalue weighted by atomic mass is 9.70. The zero-order valence-electron chi connectivity index (χ0n) is 12.7. The van der Waals surface area contributed by atoms with Gasteiger partial charge in [-0.25, -0.2) is 0 Å². The number of carbonyl (C=O) groups excluding carboxylic acids is 1. The van der Waals surface area contributed by atoms with Gasteiger partial charge in [0.15, 0.2) is 0 Å². The van der Waals surface area contributed by atoms with E-state index in [-0.39, 0.29) is 17.9 Å². The van der Waals surface area contributed by atoms with Gasteiger partial charge < -0.3 is 10.4 Å². The molecule has 2 rings (SSSR count). The highest BCUT2D eigenvalue weighted by atomic mass is 32.2. The van der Waals surface area contributed by atoms with Crippen LogP contribution in [0, 0.1) is 0 Å². The van der Waals surface area contributed by atoms with Crippen LogP contribution in [0.2, 0.25) is 0 Å². The van der Waals surface area contributed by atoms with Crippen LogP contribution in [0.25, 0.3) is 0 Å². The molecule has 0 radical (unpaired) electrons. The van der Waals surface area contributed by atoms with Gasteiger partial charge in [0.25, 0.3) is 0 Å². The van der Waals surface area contributed by atoms with Crippen molar-refractivity contribution in [2.75, 3.05) is 24.7 Å². The Kier molecular flexibility index (Phi) is 6.12. The van der Waals surface area contributed by atoms with Crippen LogP contribution < -0.4 is 5.32 Å². The molecule has 0 saturated heterocycles. The summed E-state index contributed by atoms with van der Waals surface area (Å²) < 4.78 is 0. The van der Waals surface area contributed by atoms with E-state index in [2.05, 4.69) is 30.4 Å². The van der Waals surface area contributed by atoms with E-state index in [0.717, 1.165) is 37.2 Å². The van der Waals surface area contributed by atoms with Gasteiger partial charge in [-0.1, -0.05) is 24.3 Å². The molecule has 1 aromatic rings. The maximum Gasteiger partial charge on any atom is 0.230 e. The molecule has 0 bridgehead atoms. The Morgan fingerprint density at radius 3 is 3.00 bits per heavy atom. The van der Waals surface area contributed by atoms with Gasteiger partial charge >= 0.3 is 0 Å². The third-order valence-corrected chi connectivity index (χ3v) is 5.28. The summed E-state index contributed by atoms with van der Waals surface area (Å²) in [5.74, 6) is 2.01. The van der Waals surface area contributed by atoms with Crippen molar-refractivity contribution in [3.8, 4) is 0 Å². The van der Waals surface area contributed by atoms with Crippen LogP contribution in [-0.2, 0) is 16.6 Å². The van der Waals surface area contributed by atoms with E-state index in [4.69, 9.17) is 5.11 Å². The van der Waals surface area contributed by atoms with Crippen molar-refractivity contribution in [1.29, 1.82) is 0 Å². The number of hydrogen-bond acceptors (Lipinski definition) is 3. The minimum absolute atomic E-state index is 0.150. The van der Waals surface area contributed by atoms with Crippen molar-refractivity contribution in [3.63, 3.8) is 0 Å². The lowest BCUT2D eigenvalue weighted by Gasteiger charge is -2.34. The Morgan fingerprint density at radius 2 is 2.19 bits per heavy atom. The lowest BCUT2D eigenvalue weighted by molar-refractivity contribution is -0.126. The van der Waals surface area contributed by atoms with Gasteiger partial charge in [-0.2, -0.15) is 11.8 Å². The number of nitrogens with one attached hydrogen (secondary N) is 1. The summed E-state index contributed by atoms with van der Waals surface area (Å²) in [7, 11) is 0. The van der Waals surface area contributed by atoms with E-state index in [9.17, 15) is 4.79 Å². The molecular formula is C17H25NO2S. The number of thioether (sulfide) groups is 1. The average Bonchev–Trinajstić information content (AvgIpc) is 2.51. The summed E-state index contributed by atoms with van der Waals surface area (Å²) in [5, 5.41) is 11.8. The Labute approximate surface area is 131 Å². The molecule has 0 fully saturated rings. The Morgan fingerprint density at radius 1 is 1.38 bits per heavy atom. The predicted octanol–water partition coefficient (Wildman–Crippen LogP) is 2.51. The van der Waals surface area contributed by atoms with Crippen LogP contribution in [0.3, 0.4) is 0 Å². The molecule has 0 aromatic heterocycles. The molecule has 3 nitrogen and oxygen atoms in total. The number of benzene rings is 1. The lowest BCUT2D eigenvalue weighted by Crippen LogP contribution is -2.45. The topological polar surface area (TPSA) is 49.3 Å². The van der Waals surface area contributed by atoms with Gasteiger partial charge in [-0.15, -0.1) is 0 Å². The first-order valence-electron chi connectivity index (χ1n) is 7.74. The molecule has 1 unspecified atom stereocenters. The zero-order chi connectivity index (χ0) is 15.1. The van der Waals surface area contributed by atoms with E-state index >= 15 is 0 Å².